The first-order chi connectivity index (χ1) is 16.7. The van der Waals surface area contributed by atoms with Gasteiger partial charge in [-0.2, -0.15) is 0 Å². The predicted molar refractivity (Wildman–Crippen MR) is 145 cm³/mol. The van der Waals surface area contributed by atoms with E-state index in [1.54, 1.807) is 0 Å². The van der Waals surface area contributed by atoms with Crippen molar-refractivity contribution in [1.82, 2.24) is 0 Å². The Bertz CT molecular complexity index is 768. The highest BCUT2D eigenvalue weighted by atomic mass is 16.5. The molecule has 2 unspecified atom stereocenters. The van der Waals surface area contributed by atoms with Gasteiger partial charge < -0.3 is 9.47 Å². The molecule has 0 N–H and O–H groups in total. The Balaban J connectivity index is 1.83. The van der Waals surface area contributed by atoms with Gasteiger partial charge in [-0.1, -0.05) is 90.5 Å². The molecular formula is C32H48O2. The van der Waals surface area contributed by atoms with Crippen molar-refractivity contribution < 1.29 is 9.47 Å². The van der Waals surface area contributed by atoms with Crippen LogP contribution in [0.3, 0.4) is 0 Å². The summed E-state index contributed by atoms with van der Waals surface area (Å²) in [4.78, 5) is 0. The molecule has 0 radical (unpaired) electrons. The molecule has 2 aromatic carbocycles. The van der Waals surface area contributed by atoms with Crippen LogP contribution in [0, 0.1) is 11.8 Å². The lowest BCUT2D eigenvalue weighted by molar-refractivity contribution is 0.224. The van der Waals surface area contributed by atoms with E-state index < -0.39 is 0 Å². The first kappa shape index (κ1) is 26.6. The van der Waals surface area contributed by atoms with Gasteiger partial charge in [0.25, 0.3) is 0 Å². The summed E-state index contributed by atoms with van der Waals surface area (Å²) in [6, 6.07) is 13.9. The molecule has 0 fully saturated rings. The monoisotopic (exact) mass is 464 g/mol. The molecular weight excluding hydrogens is 416 g/mol. The summed E-state index contributed by atoms with van der Waals surface area (Å²) in [5.74, 6) is 3.46. The van der Waals surface area contributed by atoms with Crippen LogP contribution in [0.25, 0.3) is 0 Å². The van der Waals surface area contributed by atoms with E-state index in [0.29, 0.717) is 11.8 Å². The SMILES string of the molecule is CCCCC(CC)COc1cc2c(OCC(CC)CCCC)cc1CCc1ccc(cc1)CC2. The second-order valence-electron chi connectivity index (χ2n) is 10.3. The first-order valence-electron chi connectivity index (χ1n) is 14.2. The van der Waals surface area contributed by atoms with E-state index >= 15 is 0 Å². The molecule has 188 valence electrons. The smallest absolute Gasteiger partial charge is 0.123 e. The van der Waals surface area contributed by atoms with Crippen molar-refractivity contribution in [2.75, 3.05) is 13.2 Å². The molecule has 2 aromatic rings. The van der Waals surface area contributed by atoms with Gasteiger partial charge in [-0.15, -0.1) is 0 Å². The quantitative estimate of drug-likeness (QED) is 0.278. The molecule has 0 aromatic heterocycles. The van der Waals surface area contributed by atoms with Crippen LogP contribution in [0.5, 0.6) is 11.5 Å². The molecule has 34 heavy (non-hydrogen) atoms. The van der Waals surface area contributed by atoms with Gasteiger partial charge in [-0.25, -0.2) is 0 Å². The van der Waals surface area contributed by atoms with E-state index in [1.807, 2.05) is 0 Å². The van der Waals surface area contributed by atoms with Crippen LogP contribution >= 0.6 is 0 Å². The molecule has 0 aliphatic heterocycles. The molecule has 0 heterocycles. The van der Waals surface area contributed by atoms with Crippen molar-refractivity contribution in [3.05, 3.63) is 58.7 Å². The van der Waals surface area contributed by atoms with Crippen LogP contribution in [0.2, 0.25) is 0 Å². The summed E-state index contributed by atoms with van der Waals surface area (Å²) in [5.41, 5.74) is 5.41. The van der Waals surface area contributed by atoms with E-state index in [2.05, 4.69) is 64.1 Å². The standard InChI is InChI=1S/C32H48O2/c1-5-9-11-25(7-3)23-33-31-21-30-20-18-28-15-13-27(14-16-28)17-19-29(31)22-32(30)34-24-26(8-4)12-10-6-2/h13-16,21-22,25-26H,5-12,17-20,23-24H2,1-4H3. The summed E-state index contributed by atoms with van der Waals surface area (Å²) in [6.45, 7) is 10.8. The topological polar surface area (TPSA) is 18.5 Å². The Kier molecular flexibility index (Phi) is 11.3. The van der Waals surface area contributed by atoms with Crippen molar-refractivity contribution in [2.45, 2.75) is 105 Å². The minimum Gasteiger partial charge on any atom is -0.493 e. The van der Waals surface area contributed by atoms with Crippen LogP contribution in [0.1, 0.15) is 101 Å². The van der Waals surface area contributed by atoms with Crippen LogP contribution in [-0.4, -0.2) is 13.2 Å². The minimum atomic E-state index is 0.641. The number of unbranched alkanes of at least 4 members (excludes halogenated alkanes) is 2. The van der Waals surface area contributed by atoms with Crippen LogP contribution in [0.15, 0.2) is 36.4 Å². The molecule has 0 saturated carbocycles. The molecule has 4 bridgehead atoms. The van der Waals surface area contributed by atoms with Crippen molar-refractivity contribution >= 4 is 0 Å². The number of aryl methyl sites for hydroxylation is 4. The van der Waals surface area contributed by atoms with Crippen molar-refractivity contribution in [3.63, 3.8) is 0 Å². The average molecular weight is 465 g/mol. The summed E-state index contributed by atoms with van der Waals surface area (Å²) in [7, 11) is 0. The summed E-state index contributed by atoms with van der Waals surface area (Å²) in [5, 5.41) is 0. The molecule has 2 atom stereocenters. The summed E-state index contributed by atoms with van der Waals surface area (Å²) >= 11 is 0. The zero-order valence-electron chi connectivity index (χ0n) is 22.3. The van der Waals surface area contributed by atoms with E-state index in [9.17, 15) is 0 Å². The summed E-state index contributed by atoms with van der Waals surface area (Å²) in [6.07, 6.45) is 14.0. The lowest BCUT2D eigenvalue weighted by Gasteiger charge is -2.22. The van der Waals surface area contributed by atoms with E-state index in [4.69, 9.17) is 9.47 Å². The van der Waals surface area contributed by atoms with Gasteiger partial charge in [0.05, 0.1) is 13.2 Å². The van der Waals surface area contributed by atoms with Gasteiger partial charge in [-0.3, -0.25) is 0 Å². The highest BCUT2D eigenvalue weighted by molar-refractivity contribution is 5.48. The number of hydrogen-bond donors (Lipinski definition) is 0. The Labute approximate surface area is 209 Å². The molecule has 4 aliphatic carbocycles. The predicted octanol–water partition coefficient (Wildman–Crippen LogP) is 8.76. The molecule has 0 spiro atoms. The van der Waals surface area contributed by atoms with Gasteiger partial charge in [0.1, 0.15) is 11.5 Å². The third kappa shape index (κ3) is 8.07. The zero-order chi connectivity index (χ0) is 24.2. The van der Waals surface area contributed by atoms with E-state index in [-0.39, 0.29) is 0 Å². The molecule has 0 amide bonds. The fourth-order valence-electron chi connectivity index (χ4n) is 4.95. The third-order valence-corrected chi connectivity index (χ3v) is 7.67. The molecule has 2 nitrogen and oxygen atoms in total. The van der Waals surface area contributed by atoms with E-state index in [1.165, 1.54) is 73.6 Å². The Morgan fingerprint density at radius 2 is 1.03 bits per heavy atom. The zero-order valence-corrected chi connectivity index (χ0v) is 22.3. The maximum atomic E-state index is 6.55. The normalized spacial score (nSPS) is 14.9. The lowest BCUT2D eigenvalue weighted by atomic mass is 9.95. The molecule has 6 rings (SSSR count). The number of rotatable bonds is 14. The summed E-state index contributed by atoms with van der Waals surface area (Å²) < 4.78 is 13.1. The molecule has 0 saturated heterocycles. The number of benzene rings is 2. The highest BCUT2D eigenvalue weighted by Crippen LogP contribution is 2.33. The maximum absolute atomic E-state index is 6.55. The molecule has 2 heteroatoms. The van der Waals surface area contributed by atoms with Crippen molar-refractivity contribution in [3.8, 4) is 11.5 Å². The van der Waals surface area contributed by atoms with Crippen LogP contribution in [-0.2, 0) is 25.7 Å². The second kappa shape index (κ2) is 14.4. The average Bonchev–Trinajstić information content (AvgIpc) is 2.86. The van der Waals surface area contributed by atoms with Crippen LogP contribution < -0.4 is 9.47 Å². The lowest BCUT2D eigenvalue weighted by Crippen LogP contribution is -2.15. The van der Waals surface area contributed by atoms with Gasteiger partial charge in [0.2, 0.25) is 0 Å². The van der Waals surface area contributed by atoms with Crippen LogP contribution in [0.4, 0.5) is 0 Å². The highest BCUT2D eigenvalue weighted by Gasteiger charge is 2.17. The van der Waals surface area contributed by atoms with Gasteiger partial charge in [0, 0.05) is 0 Å². The number of hydrogen-bond acceptors (Lipinski definition) is 2. The second-order valence-corrected chi connectivity index (χ2v) is 10.3. The number of ether oxygens (including phenoxy) is 2. The fraction of sp³-hybridized carbons (Fsp3) is 0.625. The van der Waals surface area contributed by atoms with Gasteiger partial charge >= 0.3 is 0 Å². The third-order valence-electron chi connectivity index (χ3n) is 7.67. The largest absolute Gasteiger partial charge is 0.493 e. The Hall–Kier alpha value is -1.96. The minimum absolute atomic E-state index is 0.641. The van der Waals surface area contributed by atoms with E-state index in [0.717, 1.165) is 50.4 Å². The maximum Gasteiger partial charge on any atom is 0.123 e. The fourth-order valence-corrected chi connectivity index (χ4v) is 4.95. The molecule has 4 aliphatic rings. The van der Waals surface area contributed by atoms with Gasteiger partial charge in [0.15, 0.2) is 0 Å². The first-order valence-corrected chi connectivity index (χ1v) is 14.2. The van der Waals surface area contributed by atoms with Crippen molar-refractivity contribution in [2.24, 2.45) is 11.8 Å². The van der Waals surface area contributed by atoms with Gasteiger partial charge in [-0.05, 0) is 84.7 Å². The van der Waals surface area contributed by atoms with Crippen molar-refractivity contribution in [1.29, 1.82) is 0 Å². The Morgan fingerprint density at radius 1 is 0.618 bits per heavy atom. The Morgan fingerprint density at radius 3 is 1.38 bits per heavy atom.